The monoisotopic (exact) mass is 342 g/mol. The number of rotatable bonds is 7. The number of nitrogens with zero attached hydrogens (tertiary/aromatic N) is 1. The van der Waals surface area contributed by atoms with Crippen molar-refractivity contribution in [3.05, 3.63) is 35.4 Å². The van der Waals surface area contributed by atoms with Gasteiger partial charge < -0.3 is 16.8 Å². The minimum atomic E-state index is -0.00163. The highest BCUT2D eigenvalue weighted by atomic mass is 16.1. The molecule has 4 rings (SSSR count). The first-order valence-electron chi connectivity index (χ1n) is 9.53. The number of amides is 1. The average molecular weight is 342 g/mol. The zero-order valence-corrected chi connectivity index (χ0v) is 15.0. The zero-order chi connectivity index (χ0) is 17.7. The van der Waals surface area contributed by atoms with Crippen LogP contribution in [0.2, 0.25) is 0 Å². The molecular weight excluding hydrogens is 312 g/mol. The van der Waals surface area contributed by atoms with Gasteiger partial charge in [-0.1, -0.05) is 12.1 Å². The third kappa shape index (κ3) is 4.33. The van der Waals surface area contributed by atoms with E-state index in [-0.39, 0.29) is 11.9 Å². The van der Waals surface area contributed by atoms with Gasteiger partial charge in [0.05, 0.1) is 0 Å². The van der Waals surface area contributed by atoms with Crippen molar-refractivity contribution in [1.82, 2.24) is 5.32 Å². The number of hydrogen-bond acceptors (Lipinski definition) is 2. The summed E-state index contributed by atoms with van der Waals surface area (Å²) in [6, 6.07) is 8.33. The van der Waals surface area contributed by atoms with E-state index in [1.807, 2.05) is 12.1 Å². The lowest BCUT2D eigenvalue weighted by Crippen LogP contribution is -2.37. The number of unbranched alkanes of at least 4 members (excludes halogenated alkanes) is 1. The molecule has 0 saturated heterocycles. The van der Waals surface area contributed by atoms with Gasteiger partial charge in [0.2, 0.25) is 0 Å². The van der Waals surface area contributed by atoms with Crippen LogP contribution in [0.25, 0.3) is 0 Å². The smallest absolute Gasteiger partial charge is 0.251 e. The Kier molecular flexibility index (Phi) is 5.61. The van der Waals surface area contributed by atoms with Crippen molar-refractivity contribution in [2.75, 3.05) is 13.1 Å². The van der Waals surface area contributed by atoms with Gasteiger partial charge in [0.15, 0.2) is 5.96 Å². The Morgan fingerprint density at radius 1 is 1.08 bits per heavy atom. The minimum Gasteiger partial charge on any atom is -0.370 e. The molecule has 0 aromatic heterocycles. The number of guanidine groups is 1. The van der Waals surface area contributed by atoms with Crippen LogP contribution in [0, 0.1) is 5.92 Å². The molecule has 25 heavy (non-hydrogen) atoms. The first-order valence-corrected chi connectivity index (χ1v) is 9.53. The molecule has 0 unspecified atom stereocenters. The molecule has 3 aliphatic rings. The van der Waals surface area contributed by atoms with Gasteiger partial charge in [-0.15, -0.1) is 0 Å². The molecule has 0 aliphatic heterocycles. The summed E-state index contributed by atoms with van der Waals surface area (Å²) in [6.45, 7) is 1.25. The summed E-state index contributed by atoms with van der Waals surface area (Å²) in [5.41, 5.74) is 13.1. The second-order valence-electron chi connectivity index (χ2n) is 7.61. The lowest BCUT2D eigenvalue weighted by molar-refractivity contribution is 0.0953. The van der Waals surface area contributed by atoms with Crippen molar-refractivity contribution in [2.45, 2.75) is 56.8 Å². The van der Waals surface area contributed by atoms with Crippen molar-refractivity contribution >= 4 is 11.9 Å². The predicted molar refractivity (Wildman–Crippen MR) is 102 cm³/mol. The molecule has 5 heteroatoms. The molecule has 1 amide bonds. The molecular formula is C20H30N4O. The van der Waals surface area contributed by atoms with Crippen LogP contribution in [0.4, 0.5) is 0 Å². The number of fused-ring (bicyclic) bond motifs is 3. The minimum absolute atomic E-state index is 0.00163. The van der Waals surface area contributed by atoms with Crippen molar-refractivity contribution in [3.63, 3.8) is 0 Å². The summed E-state index contributed by atoms with van der Waals surface area (Å²) in [6.07, 6.45) is 9.81. The molecule has 0 spiro atoms. The summed E-state index contributed by atoms with van der Waals surface area (Å²) < 4.78 is 0. The lowest BCUT2D eigenvalue weighted by Gasteiger charge is -2.47. The number of aliphatic imine (C=N–C) groups is 1. The maximum absolute atomic E-state index is 12.3. The standard InChI is InChI=1S/C20H30N4O/c21-19(22)24-14-2-1-13-23-18(25)16-3-5-17(6-4-16)20-10-7-15(8-11-20)9-12-20/h3-6,15H,1-2,7-14H2,(H,23,25)(H4,21,22,24). The summed E-state index contributed by atoms with van der Waals surface area (Å²) in [4.78, 5) is 16.2. The number of hydrogen-bond donors (Lipinski definition) is 3. The zero-order valence-electron chi connectivity index (χ0n) is 15.0. The van der Waals surface area contributed by atoms with Crippen LogP contribution in [0.1, 0.15) is 67.3 Å². The summed E-state index contributed by atoms with van der Waals surface area (Å²) in [5.74, 6) is 1.09. The molecule has 136 valence electrons. The van der Waals surface area contributed by atoms with E-state index in [1.54, 1.807) is 0 Å². The molecule has 0 heterocycles. The number of carbonyl (C=O) groups is 1. The van der Waals surface area contributed by atoms with Gasteiger partial charge in [0.1, 0.15) is 0 Å². The van der Waals surface area contributed by atoms with Crippen molar-refractivity contribution in [1.29, 1.82) is 0 Å². The summed E-state index contributed by atoms with van der Waals surface area (Å²) >= 11 is 0. The maximum Gasteiger partial charge on any atom is 0.251 e. The van der Waals surface area contributed by atoms with Crippen molar-refractivity contribution in [3.8, 4) is 0 Å². The second kappa shape index (κ2) is 7.89. The molecule has 3 aliphatic carbocycles. The number of nitrogens with one attached hydrogen (secondary N) is 1. The quantitative estimate of drug-likeness (QED) is 0.404. The van der Waals surface area contributed by atoms with Crippen LogP contribution in [-0.4, -0.2) is 25.0 Å². The van der Waals surface area contributed by atoms with E-state index in [9.17, 15) is 4.79 Å². The van der Waals surface area contributed by atoms with Crippen molar-refractivity contribution in [2.24, 2.45) is 22.4 Å². The normalized spacial score (nSPS) is 24.7. The highest BCUT2D eigenvalue weighted by molar-refractivity contribution is 5.94. The van der Waals surface area contributed by atoms with E-state index >= 15 is 0 Å². The molecule has 3 fully saturated rings. The van der Waals surface area contributed by atoms with E-state index in [0.29, 0.717) is 18.5 Å². The number of carbonyl (C=O) groups excluding carboxylic acids is 1. The van der Waals surface area contributed by atoms with Crippen LogP contribution in [0.3, 0.4) is 0 Å². The van der Waals surface area contributed by atoms with Gasteiger partial charge >= 0.3 is 0 Å². The Morgan fingerprint density at radius 2 is 1.72 bits per heavy atom. The third-order valence-corrected chi connectivity index (χ3v) is 6.02. The van der Waals surface area contributed by atoms with Crippen LogP contribution in [0.15, 0.2) is 29.3 Å². The van der Waals surface area contributed by atoms with Crippen LogP contribution >= 0.6 is 0 Å². The molecule has 3 saturated carbocycles. The van der Waals surface area contributed by atoms with Gasteiger partial charge in [-0.3, -0.25) is 9.79 Å². The predicted octanol–water partition coefficient (Wildman–Crippen LogP) is 2.69. The second-order valence-corrected chi connectivity index (χ2v) is 7.61. The Bertz CT molecular complexity index is 597. The Hall–Kier alpha value is -2.04. The van der Waals surface area contributed by atoms with Crippen LogP contribution < -0.4 is 16.8 Å². The average Bonchev–Trinajstić information content (AvgIpc) is 2.66. The van der Waals surface area contributed by atoms with Crippen LogP contribution in [0.5, 0.6) is 0 Å². The fourth-order valence-corrected chi connectivity index (χ4v) is 4.41. The lowest BCUT2D eigenvalue weighted by atomic mass is 9.58. The van der Waals surface area contributed by atoms with Gasteiger partial charge in [-0.2, -0.15) is 0 Å². The van der Waals surface area contributed by atoms with Gasteiger partial charge in [-0.25, -0.2) is 0 Å². The van der Waals surface area contributed by atoms with E-state index < -0.39 is 0 Å². The molecule has 1 aromatic rings. The Morgan fingerprint density at radius 3 is 2.32 bits per heavy atom. The van der Waals surface area contributed by atoms with Gasteiger partial charge in [0, 0.05) is 18.7 Å². The Labute approximate surface area is 150 Å². The van der Waals surface area contributed by atoms with Gasteiger partial charge in [-0.05, 0) is 80.4 Å². The topological polar surface area (TPSA) is 93.5 Å². The molecule has 2 bridgehead atoms. The fourth-order valence-electron chi connectivity index (χ4n) is 4.41. The molecule has 5 nitrogen and oxygen atoms in total. The van der Waals surface area contributed by atoms with Gasteiger partial charge in [0.25, 0.3) is 5.91 Å². The summed E-state index contributed by atoms with van der Waals surface area (Å²) in [5, 5.41) is 2.97. The summed E-state index contributed by atoms with van der Waals surface area (Å²) in [7, 11) is 0. The first kappa shape index (κ1) is 17.8. The molecule has 0 atom stereocenters. The van der Waals surface area contributed by atoms with E-state index in [1.165, 1.54) is 44.1 Å². The van der Waals surface area contributed by atoms with E-state index in [2.05, 4.69) is 22.4 Å². The van der Waals surface area contributed by atoms with E-state index in [0.717, 1.165) is 24.3 Å². The van der Waals surface area contributed by atoms with Crippen LogP contribution in [-0.2, 0) is 5.41 Å². The molecule has 1 aromatic carbocycles. The SMILES string of the molecule is NC(N)=NCCCCNC(=O)c1ccc(C23CCC(CC2)CC3)cc1. The highest BCUT2D eigenvalue weighted by Crippen LogP contribution is 2.51. The van der Waals surface area contributed by atoms with Crippen molar-refractivity contribution < 1.29 is 4.79 Å². The molecule has 5 N–H and O–H groups in total. The van der Waals surface area contributed by atoms with E-state index in [4.69, 9.17) is 11.5 Å². The molecule has 0 radical (unpaired) electrons. The Balaban J connectivity index is 1.48. The highest BCUT2D eigenvalue weighted by Gasteiger charge is 2.41. The number of benzene rings is 1. The maximum atomic E-state index is 12.3. The largest absolute Gasteiger partial charge is 0.370 e. The number of nitrogens with two attached hydrogens (primary N) is 2. The first-order chi connectivity index (χ1) is 12.1. The third-order valence-electron chi connectivity index (χ3n) is 6.02. The fraction of sp³-hybridized carbons (Fsp3) is 0.600.